The number of nitrogens with zero attached hydrogens (tertiary/aromatic N) is 3. The largest absolute Gasteiger partial charge is 0.487 e. The number of aromatic nitrogens is 2. The Hall–Kier alpha value is -2.34. The SMILES string of the molecule is CCn1nc(COc2ccccc2)cc1C(=O)N(C)C1CCNCC1. The maximum absolute atomic E-state index is 12.9. The van der Waals surface area contributed by atoms with E-state index >= 15 is 0 Å². The zero-order valence-corrected chi connectivity index (χ0v) is 14.9. The van der Waals surface area contributed by atoms with Crippen LogP contribution in [0.4, 0.5) is 0 Å². The fourth-order valence-corrected chi connectivity index (χ4v) is 3.17. The van der Waals surface area contributed by atoms with Crippen molar-refractivity contribution in [2.45, 2.75) is 39.0 Å². The number of carbonyl (C=O) groups excluding carboxylic acids is 1. The van der Waals surface area contributed by atoms with Crippen LogP contribution in [0, 0.1) is 0 Å². The molecule has 1 N–H and O–H groups in total. The molecule has 0 radical (unpaired) electrons. The van der Waals surface area contributed by atoms with Crippen molar-refractivity contribution in [2.24, 2.45) is 0 Å². The Bertz CT molecular complexity index is 693. The molecular weight excluding hydrogens is 316 g/mol. The van der Waals surface area contributed by atoms with Gasteiger partial charge in [0.15, 0.2) is 0 Å². The summed E-state index contributed by atoms with van der Waals surface area (Å²) in [5.74, 6) is 0.834. The number of hydrogen-bond donors (Lipinski definition) is 1. The van der Waals surface area contributed by atoms with Gasteiger partial charge in [-0.25, -0.2) is 0 Å². The molecule has 0 aliphatic carbocycles. The molecule has 1 aromatic heterocycles. The lowest BCUT2D eigenvalue weighted by molar-refractivity contribution is 0.0690. The average Bonchev–Trinajstić information content (AvgIpc) is 3.10. The van der Waals surface area contributed by atoms with Crippen molar-refractivity contribution in [1.29, 1.82) is 0 Å². The molecule has 1 fully saturated rings. The summed E-state index contributed by atoms with van der Waals surface area (Å²) in [7, 11) is 1.89. The first-order valence-electron chi connectivity index (χ1n) is 8.91. The van der Waals surface area contributed by atoms with Gasteiger partial charge in [0, 0.05) is 19.6 Å². The summed E-state index contributed by atoms with van der Waals surface area (Å²) in [6, 6.07) is 11.8. The number of aryl methyl sites for hydroxylation is 1. The second-order valence-corrected chi connectivity index (χ2v) is 6.34. The summed E-state index contributed by atoms with van der Waals surface area (Å²) in [4.78, 5) is 14.8. The lowest BCUT2D eigenvalue weighted by Gasteiger charge is -2.31. The Balaban J connectivity index is 1.70. The van der Waals surface area contributed by atoms with Crippen LogP contribution in [0.1, 0.15) is 35.9 Å². The molecule has 134 valence electrons. The van der Waals surface area contributed by atoms with Crippen molar-refractivity contribution in [3.63, 3.8) is 0 Å². The van der Waals surface area contributed by atoms with Crippen LogP contribution in [0.2, 0.25) is 0 Å². The van der Waals surface area contributed by atoms with Gasteiger partial charge in [0.05, 0.1) is 0 Å². The number of nitrogens with one attached hydrogen (secondary N) is 1. The van der Waals surface area contributed by atoms with E-state index in [1.807, 2.05) is 55.3 Å². The van der Waals surface area contributed by atoms with Crippen LogP contribution in [0.15, 0.2) is 36.4 Å². The molecule has 0 saturated carbocycles. The molecule has 0 bridgehead atoms. The molecular formula is C19H26N4O2. The standard InChI is InChI=1S/C19H26N4O2/c1-3-23-18(19(24)22(2)16-9-11-20-12-10-16)13-15(21-23)14-25-17-7-5-4-6-8-17/h4-8,13,16,20H,3,9-12,14H2,1-2H3. The van der Waals surface area contributed by atoms with Gasteiger partial charge >= 0.3 is 0 Å². The number of amides is 1. The van der Waals surface area contributed by atoms with Gasteiger partial charge < -0.3 is 15.0 Å². The summed E-state index contributed by atoms with van der Waals surface area (Å²) in [6.07, 6.45) is 1.99. The van der Waals surface area contributed by atoms with Crippen LogP contribution in [-0.4, -0.2) is 46.8 Å². The van der Waals surface area contributed by atoms with E-state index in [-0.39, 0.29) is 11.9 Å². The second-order valence-electron chi connectivity index (χ2n) is 6.34. The molecule has 25 heavy (non-hydrogen) atoms. The third-order valence-electron chi connectivity index (χ3n) is 4.66. The minimum Gasteiger partial charge on any atom is -0.487 e. The first kappa shape index (κ1) is 17.5. The molecule has 1 aliphatic heterocycles. The smallest absolute Gasteiger partial charge is 0.272 e. The Labute approximate surface area is 148 Å². The van der Waals surface area contributed by atoms with Gasteiger partial charge in [-0.3, -0.25) is 9.48 Å². The normalized spacial score (nSPS) is 15.1. The summed E-state index contributed by atoms with van der Waals surface area (Å²) in [5.41, 5.74) is 1.41. The maximum Gasteiger partial charge on any atom is 0.272 e. The molecule has 1 amide bonds. The summed E-state index contributed by atoms with van der Waals surface area (Å²) in [6.45, 7) is 4.94. The number of piperidine rings is 1. The zero-order valence-electron chi connectivity index (χ0n) is 14.9. The van der Waals surface area contributed by atoms with Crippen LogP contribution in [0.5, 0.6) is 5.75 Å². The quantitative estimate of drug-likeness (QED) is 0.875. The van der Waals surface area contributed by atoms with Gasteiger partial charge in [0.25, 0.3) is 5.91 Å². The lowest BCUT2D eigenvalue weighted by Crippen LogP contribution is -2.44. The van der Waals surface area contributed by atoms with Crippen molar-refractivity contribution in [2.75, 3.05) is 20.1 Å². The van der Waals surface area contributed by atoms with E-state index < -0.39 is 0 Å². The molecule has 2 heterocycles. The Morgan fingerprint density at radius 1 is 1.32 bits per heavy atom. The third kappa shape index (κ3) is 4.20. The highest BCUT2D eigenvalue weighted by molar-refractivity contribution is 5.92. The molecule has 0 unspecified atom stereocenters. The number of para-hydroxylation sites is 1. The molecule has 6 nitrogen and oxygen atoms in total. The molecule has 0 atom stereocenters. The second kappa shape index (κ2) is 8.16. The molecule has 3 rings (SSSR count). The van der Waals surface area contributed by atoms with Crippen molar-refractivity contribution >= 4 is 5.91 Å². The van der Waals surface area contributed by atoms with Crippen LogP contribution in [0.25, 0.3) is 0 Å². The van der Waals surface area contributed by atoms with E-state index in [0.29, 0.717) is 18.8 Å². The topological polar surface area (TPSA) is 59.4 Å². The van der Waals surface area contributed by atoms with Crippen molar-refractivity contribution in [3.05, 3.63) is 47.8 Å². The predicted molar refractivity (Wildman–Crippen MR) is 96.7 cm³/mol. The Morgan fingerprint density at radius 3 is 2.72 bits per heavy atom. The van der Waals surface area contributed by atoms with E-state index in [2.05, 4.69) is 10.4 Å². The highest BCUT2D eigenvalue weighted by Crippen LogP contribution is 2.16. The summed E-state index contributed by atoms with van der Waals surface area (Å²) < 4.78 is 7.52. The van der Waals surface area contributed by atoms with Gasteiger partial charge in [0.1, 0.15) is 23.7 Å². The van der Waals surface area contributed by atoms with E-state index in [9.17, 15) is 4.79 Å². The van der Waals surface area contributed by atoms with Gasteiger partial charge in [-0.05, 0) is 51.1 Å². The van der Waals surface area contributed by atoms with Crippen LogP contribution in [-0.2, 0) is 13.2 Å². The van der Waals surface area contributed by atoms with Crippen molar-refractivity contribution in [3.8, 4) is 5.75 Å². The van der Waals surface area contributed by atoms with Crippen LogP contribution < -0.4 is 10.1 Å². The monoisotopic (exact) mass is 342 g/mol. The molecule has 1 saturated heterocycles. The number of hydrogen-bond acceptors (Lipinski definition) is 4. The van der Waals surface area contributed by atoms with Gasteiger partial charge in [-0.15, -0.1) is 0 Å². The first-order valence-corrected chi connectivity index (χ1v) is 8.91. The van der Waals surface area contributed by atoms with Gasteiger partial charge in [-0.1, -0.05) is 18.2 Å². The van der Waals surface area contributed by atoms with Crippen molar-refractivity contribution in [1.82, 2.24) is 20.0 Å². The van der Waals surface area contributed by atoms with Crippen LogP contribution in [0.3, 0.4) is 0 Å². The first-order chi connectivity index (χ1) is 12.2. The zero-order chi connectivity index (χ0) is 17.6. The highest BCUT2D eigenvalue weighted by Gasteiger charge is 2.25. The summed E-state index contributed by atoms with van der Waals surface area (Å²) >= 11 is 0. The number of ether oxygens (including phenoxy) is 1. The number of benzene rings is 1. The highest BCUT2D eigenvalue weighted by atomic mass is 16.5. The fourth-order valence-electron chi connectivity index (χ4n) is 3.17. The van der Waals surface area contributed by atoms with Crippen molar-refractivity contribution < 1.29 is 9.53 Å². The molecule has 0 spiro atoms. The number of carbonyl (C=O) groups is 1. The van der Waals surface area contributed by atoms with E-state index in [1.54, 1.807) is 4.68 Å². The fraction of sp³-hybridized carbons (Fsp3) is 0.474. The van der Waals surface area contributed by atoms with Gasteiger partial charge in [0.2, 0.25) is 0 Å². The lowest BCUT2D eigenvalue weighted by atomic mass is 10.1. The number of rotatable bonds is 6. The van der Waals surface area contributed by atoms with E-state index in [0.717, 1.165) is 37.4 Å². The predicted octanol–water partition coefficient (Wildman–Crippen LogP) is 2.31. The van der Waals surface area contributed by atoms with Crippen LogP contribution >= 0.6 is 0 Å². The minimum atomic E-state index is 0.0345. The molecule has 1 aromatic carbocycles. The van der Waals surface area contributed by atoms with Gasteiger partial charge in [-0.2, -0.15) is 5.10 Å². The van der Waals surface area contributed by atoms with E-state index in [4.69, 9.17) is 4.74 Å². The molecule has 6 heteroatoms. The Kier molecular flexibility index (Phi) is 5.71. The summed E-state index contributed by atoms with van der Waals surface area (Å²) in [5, 5.41) is 7.86. The Morgan fingerprint density at radius 2 is 2.04 bits per heavy atom. The average molecular weight is 342 g/mol. The molecule has 2 aromatic rings. The maximum atomic E-state index is 12.9. The minimum absolute atomic E-state index is 0.0345. The van der Waals surface area contributed by atoms with E-state index in [1.165, 1.54) is 0 Å². The molecule has 1 aliphatic rings. The third-order valence-corrected chi connectivity index (χ3v) is 4.66.